The molecule has 0 saturated carbocycles. The number of aromatic nitrogens is 1. The van der Waals surface area contributed by atoms with Gasteiger partial charge < -0.3 is 19.9 Å². The zero-order valence-electron chi connectivity index (χ0n) is 16.4. The van der Waals surface area contributed by atoms with Gasteiger partial charge in [-0.2, -0.15) is 0 Å². The van der Waals surface area contributed by atoms with Crippen LogP contribution in [-0.4, -0.2) is 65.5 Å². The lowest BCUT2D eigenvalue weighted by molar-refractivity contribution is -0.145. The molecule has 1 aromatic rings. The lowest BCUT2D eigenvalue weighted by Crippen LogP contribution is -2.66. The first-order valence-corrected chi connectivity index (χ1v) is 8.55. The molecular formula is C18H30IN5O2. The zero-order chi connectivity index (χ0) is 18.6. The van der Waals surface area contributed by atoms with E-state index in [1.807, 2.05) is 21.9 Å². The third-order valence-electron chi connectivity index (χ3n) is 4.33. The molecule has 1 N–H and O–H groups in total. The van der Waals surface area contributed by atoms with E-state index in [0.717, 1.165) is 12.1 Å². The summed E-state index contributed by atoms with van der Waals surface area (Å²) in [5.41, 5.74) is 0.685. The van der Waals surface area contributed by atoms with Crippen molar-refractivity contribution in [3.8, 4) is 5.88 Å². The van der Waals surface area contributed by atoms with Crippen LogP contribution in [0.4, 0.5) is 0 Å². The van der Waals surface area contributed by atoms with Gasteiger partial charge in [0.05, 0.1) is 19.2 Å². The molecule has 1 aliphatic heterocycles. The summed E-state index contributed by atoms with van der Waals surface area (Å²) in [6.45, 7) is 9.87. The average molecular weight is 475 g/mol. The molecule has 8 heteroatoms. The Morgan fingerprint density at radius 1 is 1.46 bits per heavy atom. The van der Waals surface area contributed by atoms with Crippen molar-refractivity contribution in [2.75, 3.05) is 27.2 Å². The predicted molar refractivity (Wildman–Crippen MR) is 114 cm³/mol. The zero-order valence-corrected chi connectivity index (χ0v) is 18.8. The molecule has 1 amide bonds. The SMILES string of the molecule is CN=C(NCc1cccnc1OC)N1CC(=O)N(C(C)C)C(C)(C)C1.I. The number of nitrogens with one attached hydrogen (secondary N) is 1. The van der Waals surface area contributed by atoms with Crippen molar-refractivity contribution in [1.29, 1.82) is 0 Å². The van der Waals surface area contributed by atoms with Crippen LogP contribution in [0.2, 0.25) is 0 Å². The standard InChI is InChI=1S/C18H29N5O2.HI/c1-13(2)23-15(24)11-22(12-18(23,3)4)17(19-5)21-10-14-8-7-9-20-16(14)25-6;/h7-9,13H,10-12H2,1-6H3,(H,19,21);1H. The highest BCUT2D eigenvalue weighted by atomic mass is 127. The van der Waals surface area contributed by atoms with Crippen LogP contribution in [0.5, 0.6) is 5.88 Å². The first-order valence-electron chi connectivity index (χ1n) is 8.55. The van der Waals surface area contributed by atoms with Gasteiger partial charge in [-0.25, -0.2) is 4.98 Å². The molecule has 0 unspecified atom stereocenters. The quantitative estimate of drug-likeness (QED) is 0.411. The maximum Gasteiger partial charge on any atom is 0.242 e. The Balaban J connectivity index is 0.00000338. The highest BCUT2D eigenvalue weighted by Crippen LogP contribution is 2.24. The monoisotopic (exact) mass is 475 g/mol. The summed E-state index contributed by atoms with van der Waals surface area (Å²) >= 11 is 0. The van der Waals surface area contributed by atoms with E-state index >= 15 is 0 Å². The number of carbonyl (C=O) groups is 1. The van der Waals surface area contributed by atoms with Gasteiger partial charge in [-0.15, -0.1) is 24.0 Å². The molecule has 0 aromatic carbocycles. The molecule has 0 aliphatic carbocycles. The number of guanidine groups is 1. The highest BCUT2D eigenvalue weighted by molar-refractivity contribution is 14.0. The van der Waals surface area contributed by atoms with Gasteiger partial charge in [-0.05, 0) is 33.8 Å². The minimum absolute atomic E-state index is 0. The van der Waals surface area contributed by atoms with Gasteiger partial charge in [0.1, 0.15) is 0 Å². The minimum Gasteiger partial charge on any atom is -0.481 e. The summed E-state index contributed by atoms with van der Waals surface area (Å²) in [6.07, 6.45) is 1.70. The Morgan fingerprint density at radius 2 is 2.15 bits per heavy atom. The molecule has 1 aliphatic rings. The number of pyridine rings is 1. The lowest BCUT2D eigenvalue weighted by atomic mass is 9.96. The van der Waals surface area contributed by atoms with Gasteiger partial charge >= 0.3 is 0 Å². The second kappa shape index (κ2) is 9.38. The smallest absolute Gasteiger partial charge is 0.242 e. The van der Waals surface area contributed by atoms with Crippen molar-refractivity contribution in [3.63, 3.8) is 0 Å². The summed E-state index contributed by atoms with van der Waals surface area (Å²) in [7, 11) is 3.34. The maximum absolute atomic E-state index is 12.6. The van der Waals surface area contributed by atoms with E-state index in [1.165, 1.54) is 0 Å². The normalized spacial score (nSPS) is 17.2. The van der Waals surface area contributed by atoms with Gasteiger partial charge in [0.25, 0.3) is 0 Å². The average Bonchev–Trinajstić information content (AvgIpc) is 2.53. The van der Waals surface area contributed by atoms with Crippen LogP contribution in [-0.2, 0) is 11.3 Å². The fourth-order valence-corrected chi connectivity index (χ4v) is 3.56. The summed E-state index contributed by atoms with van der Waals surface area (Å²) < 4.78 is 5.28. The molecule has 0 bridgehead atoms. The number of ether oxygens (including phenoxy) is 1. The second-order valence-corrected chi connectivity index (χ2v) is 7.10. The molecule has 2 heterocycles. The van der Waals surface area contributed by atoms with Gasteiger partial charge in [0.2, 0.25) is 11.8 Å². The molecule has 0 atom stereocenters. The molecule has 146 valence electrons. The maximum atomic E-state index is 12.6. The van der Waals surface area contributed by atoms with Crippen LogP contribution >= 0.6 is 24.0 Å². The summed E-state index contributed by atoms with van der Waals surface area (Å²) in [5, 5.41) is 3.32. The van der Waals surface area contributed by atoms with E-state index in [4.69, 9.17) is 4.74 Å². The Hall–Kier alpha value is -1.58. The molecule has 1 aromatic heterocycles. The van der Waals surface area contributed by atoms with Gasteiger partial charge in [0.15, 0.2) is 5.96 Å². The molecule has 0 radical (unpaired) electrons. The topological polar surface area (TPSA) is 70.1 Å². The van der Waals surface area contributed by atoms with E-state index in [1.54, 1.807) is 20.4 Å². The molecule has 1 saturated heterocycles. The summed E-state index contributed by atoms with van der Waals surface area (Å²) in [4.78, 5) is 25.1. The lowest BCUT2D eigenvalue weighted by Gasteiger charge is -2.49. The number of nitrogens with zero attached hydrogens (tertiary/aromatic N) is 4. The predicted octanol–water partition coefficient (Wildman–Crippen LogP) is 2.11. The minimum atomic E-state index is -0.257. The van der Waals surface area contributed by atoms with E-state index in [0.29, 0.717) is 24.9 Å². The van der Waals surface area contributed by atoms with Crippen molar-refractivity contribution in [2.45, 2.75) is 45.8 Å². The van der Waals surface area contributed by atoms with E-state index in [2.05, 4.69) is 43.0 Å². The van der Waals surface area contributed by atoms with E-state index < -0.39 is 0 Å². The molecule has 1 fully saturated rings. The molecular weight excluding hydrogens is 445 g/mol. The Kier molecular flexibility index (Phi) is 8.11. The van der Waals surface area contributed by atoms with E-state index in [9.17, 15) is 4.79 Å². The van der Waals surface area contributed by atoms with Crippen molar-refractivity contribution in [1.82, 2.24) is 20.1 Å². The van der Waals surface area contributed by atoms with Crippen LogP contribution in [0.1, 0.15) is 33.3 Å². The second-order valence-electron chi connectivity index (χ2n) is 7.10. The first-order chi connectivity index (χ1) is 11.8. The third kappa shape index (κ3) is 4.99. The summed E-state index contributed by atoms with van der Waals surface area (Å²) in [5.74, 6) is 1.41. The number of piperazine rings is 1. The molecule has 26 heavy (non-hydrogen) atoms. The fraction of sp³-hybridized carbons (Fsp3) is 0.611. The molecule has 0 spiro atoms. The number of hydrogen-bond donors (Lipinski definition) is 1. The molecule has 7 nitrogen and oxygen atoms in total. The van der Waals surface area contributed by atoms with Crippen LogP contribution < -0.4 is 10.1 Å². The van der Waals surface area contributed by atoms with Crippen molar-refractivity contribution < 1.29 is 9.53 Å². The number of methoxy groups -OCH3 is 1. The summed E-state index contributed by atoms with van der Waals surface area (Å²) in [6, 6.07) is 4.01. The largest absolute Gasteiger partial charge is 0.481 e. The van der Waals surface area contributed by atoms with Crippen LogP contribution in [0.3, 0.4) is 0 Å². The van der Waals surface area contributed by atoms with Gasteiger partial charge in [-0.3, -0.25) is 9.79 Å². The first kappa shape index (κ1) is 22.5. The highest BCUT2D eigenvalue weighted by Gasteiger charge is 2.40. The number of rotatable bonds is 4. The van der Waals surface area contributed by atoms with Crippen LogP contribution in [0.15, 0.2) is 23.3 Å². The van der Waals surface area contributed by atoms with Crippen molar-refractivity contribution in [2.24, 2.45) is 4.99 Å². The molecule has 2 rings (SSSR count). The number of amides is 1. The number of aliphatic imine (C=N–C) groups is 1. The fourth-order valence-electron chi connectivity index (χ4n) is 3.56. The Labute approximate surface area is 173 Å². The van der Waals surface area contributed by atoms with E-state index in [-0.39, 0.29) is 41.5 Å². The number of halogens is 1. The van der Waals surface area contributed by atoms with Crippen molar-refractivity contribution >= 4 is 35.8 Å². The van der Waals surface area contributed by atoms with Gasteiger partial charge in [0, 0.05) is 37.9 Å². The number of hydrogen-bond acceptors (Lipinski definition) is 4. The van der Waals surface area contributed by atoms with Crippen LogP contribution in [0.25, 0.3) is 0 Å². The Morgan fingerprint density at radius 3 is 2.69 bits per heavy atom. The number of carbonyl (C=O) groups excluding carboxylic acids is 1. The Bertz CT molecular complexity index is 648. The van der Waals surface area contributed by atoms with Gasteiger partial charge in [-0.1, -0.05) is 6.07 Å². The van der Waals surface area contributed by atoms with Crippen molar-refractivity contribution in [3.05, 3.63) is 23.9 Å². The third-order valence-corrected chi connectivity index (χ3v) is 4.33. The van der Waals surface area contributed by atoms with Crippen LogP contribution in [0, 0.1) is 0 Å².